The molecule has 0 saturated heterocycles. The number of aliphatic hydroxyl groups is 1. The van der Waals surface area contributed by atoms with Gasteiger partial charge in [-0.2, -0.15) is 0 Å². The fourth-order valence-electron chi connectivity index (χ4n) is 2.36. The minimum Gasteiger partial charge on any atom is -0.396 e. The van der Waals surface area contributed by atoms with Gasteiger partial charge in [-0.15, -0.1) is 0 Å². The van der Waals surface area contributed by atoms with Gasteiger partial charge in [0, 0.05) is 24.2 Å². The second kappa shape index (κ2) is 4.38. The smallest absolute Gasteiger partial charge is 0.153 e. The molecule has 0 heterocycles. The number of aliphatic hydroxyl groups excluding tert-OH is 1. The predicted molar refractivity (Wildman–Crippen MR) is 63.0 cm³/mol. The van der Waals surface area contributed by atoms with Crippen LogP contribution in [0.4, 0.5) is 4.39 Å². The van der Waals surface area contributed by atoms with Crippen molar-refractivity contribution in [2.45, 2.75) is 18.1 Å². The van der Waals surface area contributed by atoms with Crippen LogP contribution in [0.1, 0.15) is 18.4 Å². The monoisotopic (exact) mass is 258 g/mol. The summed E-state index contributed by atoms with van der Waals surface area (Å²) in [7, 11) is -3.15. The van der Waals surface area contributed by atoms with Gasteiger partial charge in [0.05, 0.1) is 5.25 Å². The van der Waals surface area contributed by atoms with E-state index < -0.39 is 15.1 Å². The van der Waals surface area contributed by atoms with Gasteiger partial charge in [0.2, 0.25) is 0 Å². The van der Waals surface area contributed by atoms with Gasteiger partial charge in [-0.3, -0.25) is 0 Å². The molecule has 0 aliphatic heterocycles. The SMILES string of the molecule is CCS(=O)(=O)[C@H]1[C@H](CO)[C@@H]1c1ccc(F)cc1. The molecule has 1 aromatic carbocycles. The lowest BCUT2D eigenvalue weighted by molar-refractivity contribution is 0.274. The maximum Gasteiger partial charge on any atom is 0.153 e. The fraction of sp³-hybridized carbons (Fsp3) is 0.500. The van der Waals surface area contributed by atoms with Crippen molar-refractivity contribution in [3.05, 3.63) is 35.6 Å². The molecule has 0 aromatic heterocycles. The van der Waals surface area contributed by atoms with Gasteiger partial charge in [0.15, 0.2) is 9.84 Å². The molecular formula is C12H15FO3S. The van der Waals surface area contributed by atoms with E-state index in [1.165, 1.54) is 12.1 Å². The minimum absolute atomic E-state index is 0.0753. The Morgan fingerprint density at radius 1 is 1.29 bits per heavy atom. The van der Waals surface area contributed by atoms with Crippen LogP contribution >= 0.6 is 0 Å². The van der Waals surface area contributed by atoms with Crippen LogP contribution in [0, 0.1) is 11.7 Å². The van der Waals surface area contributed by atoms with Gasteiger partial charge in [0.1, 0.15) is 5.82 Å². The van der Waals surface area contributed by atoms with E-state index in [0.29, 0.717) is 0 Å². The Morgan fingerprint density at radius 2 is 1.88 bits per heavy atom. The summed E-state index contributed by atoms with van der Waals surface area (Å²) in [6, 6.07) is 5.82. The summed E-state index contributed by atoms with van der Waals surface area (Å²) in [5.41, 5.74) is 0.785. The summed E-state index contributed by atoms with van der Waals surface area (Å²) in [6.45, 7) is 1.45. The third-order valence-electron chi connectivity index (χ3n) is 3.38. The highest BCUT2D eigenvalue weighted by Crippen LogP contribution is 2.52. The van der Waals surface area contributed by atoms with Crippen molar-refractivity contribution < 1.29 is 17.9 Å². The molecule has 1 fully saturated rings. The second-order valence-corrected chi connectivity index (χ2v) is 6.79. The average Bonchev–Trinajstić information content (AvgIpc) is 3.05. The molecule has 5 heteroatoms. The van der Waals surface area contributed by atoms with Gasteiger partial charge in [-0.05, 0) is 17.7 Å². The molecule has 1 aliphatic rings. The number of sulfone groups is 1. The van der Waals surface area contributed by atoms with Gasteiger partial charge in [-0.25, -0.2) is 12.8 Å². The topological polar surface area (TPSA) is 54.4 Å². The molecule has 3 atom stereocenters. The first-order valence-corrected chi connectivity index (χ1v) is 7.30. The van der Waals surface area contributed by atoms with Crippen LogP contribution < -0.4 is 0 Å². The number of halogens is 1. The molecule has 2 rings (SSSR count). The summed E-state index contributed by atoms with van der Waals surface area (Å²) in [5, 5.41) is 8.67. The van der Waals surface area contributed by atoms with Crippen LogP contribution in [0.5, 0.6) is 0 Å². The molecule has 0 bridgehead atoms. The lowest BCUT2D eigenvalue weighted by Gasteiger charge is -2.00. The maximum absolute atomic E-state index is 12.8. The number of benzene rings is 1. The number of hydrogen-bond acceptors (Lipinski definition) is 3. The molecule has 0 spiro atoms. The highest BCUT2D eigenvalue weighted by atomic mass is 32.2. The van der Waals surface area contributed by atoms with E-state index in [9.17, 15) is 17.9 Å². The molecule has 17 heavy (non-hydrogen) atoms. The Hall–Kier alpha value is -0.940. The van der Waals surface area contributed by atoms with Crippen molar-refractivity contribution in [2.24, 2.45) is 5.92 Å². The average molecular weight is 258 g/mol. The zero-order valence-corrected chi connectivity index (χ0v) is 10.3. The summed E-state index contributed by atoms with van der Waals surface area (Å²) in [6.07, 6.45) is 0. The van der Waals surface area contributed by atoms with Crippen LogP contribution in [-0.2, 0) is 9.84 Å². The van der Waals surface area contributed by atoms with E-state index in [0.717, 1.165) is 5.56 Å². The standard InChI is InChI=1S/C12H15FO3S/c1-2-17(15,16)12-10(7-14)11(12)8-3-5-9(13)6-4-8/h3-6,10-12,14H,2,7H2,1H3/t10-,11+,12+/m1/s1. The molecule has 1 saturated carbocycles. The normalized spacial score (nSPS) is 28.1. The van der Waals surface area contributed by atoms with Crippen molar-refractivity contribution in [1.82, 2.24) is 0 Å². The zero-order valence-electron chi connectivity index (χ0n) is 9.51. The van der Waals surface area contributed by atoms with E-state index in [1.54, 1.807) is 19.1 Å². The summed E-state index contributed by atoms with van der Waals surface area (Å²) in [5.74, 6) is -0.702. The van der Waals surface area contributed by atoms with Crippen molar-refractivity contribution in [3.8, 4) is 0 Å². The van der Waals surface area contributed by atoms with Gasteiger partial charge in [-0.1, -0.05) is 19.1 Å². The van der Waals surface area contributed by atoms with Crippen LogP contribution in [0.15, 0.2) is 24.3 Å². The molecule has 0 amide bonds. The van der Waals surface area contributed by atoms with E-state index >= 15 is 0 Å². The van der Waals surface area contributed by atoms with Gasteiger partial charge < -0.3 is 5.11 Å². The van der Waals surface area contributed by atoms with Crippen molar-refractivity contribution in [3.63, 3.8) is 0 Å². The largest absolute Gasteiger partial charge is 0.396 e. The summed E-state index contributed by atoms with van der Waals surface area (Å²) < 4.78 is 36.4. The van der Waals surface area contributed by atoms with Crippen LogP contribution in [0.3, 0.4) is 0 Å². The molecule has 1 N–H and O–H groups in total. The Morgan fingerprint density at radius 3 is 2.35 bits per heavy atom. The maximum atomic E-state index is 12.8. The van der Waals surface area contributed by atoms with Crippen LogP contribution in [0.2, 0.25) is 0 Å². The highest BCUT2D eigenvalue weighted by molar-refractivity contribution is 7.92. The second-order valence-electron chi connectivity index (χ2n) is 4.34. The third kappa shape index (κ3) is 2.21. The van der Waals surface area contributed by atoms with Crippen LogP contribution in [0.25, 0.3) is 0 Å². The highest BCUT2D eigenvalue weighted by Gasteiger charge is 2.57. The number of rotatable bonds is 4. The first-order chi connectivity index (χ1) is 8.01. The Bertz CT molecular complexity index is 495. The first-order valence-electron chi connectivity index (χ1n) is 5.59. The predicted octanol–water partition coefficient (Wildman–Crippen LogP) is 1.33. The van der Waals surface area contributed by atoms with Crippen molar-refractivity contribution >= 4 is 9.84 Å². The molecule has 94 valence electrons. The molecule has 3 nitrogen and oxygen atoms in total. The molecule has 0 radical (unpaired) electrons. The molecule has 1 aliphatic carbocycles. The first kappa shape index (κ1) is 12.5. The van der Waals surface area contributed by atoms with E-state index in [1.807, 2.05) is 0 Å². The lowest BCUT2D eigenvalue weighted by atomic mass is 10.1. The lowest BCUT2D eigenvalue weighted by Crippen LogP contribution is -2.13. The third-order valence-corrected chi connectivity index (χ3v) is 5.66. The summed E-state index contributed by atoms with van der Waals surface area (Å²) in [4.78, 5) is 0. The Labute approximate surface area is 100 Å². The molecule has 1 aromatic rings. The Kier molecular flexibility index (Phi) is 3.23. The number of hydrogen-bond donors (Lipinski definition) is 1. The van der Waals surface area contributed by atoms with Gasteiger partial charge >= 0.3 is 0 Å². The van der Waals surface area contributed by atoms with Crippen molar-refractivity contribution in [1.29, 1.82) is 0 Å². The minimum atomic E-state index is -3.15. The fourth-order valence-corrected chi connectivity index (χ4v) is 4.25. The van der Waals surface area contributed by atoms with Gasteiger partial charge in [0.25, 0.3) is 0 Å². The Balaban J connectivity index is 2.26. The molecular weight excluding hydrogens is 243 g/mol. The van der Waals surface area contributed by atoms with Crippen LogP contribution in [-0.4, -0.2) is 31.1 Å². The summed E-state index contributed by atoms with van der Waals surface area (Å²) >= 11 is 0. The van der Waals surface area contributed by atoms with Crippen molar-refractivity contribution in [2.75, 3.05) is 12.4 Å². The van der Waals surface area contributed by atoms with E-state index in [4.69, 9.17) is 0 Å². The quantitative estimate of drug-likeness (QED) is 0.886. The zero-order chi connectivity index (χ0) is 12.6. The van der Waals surface area contributed by atoms with E-state index in [2.05, 4.69) is 0 Å². The molecule has 0 unspecified atom stereocenters. The van der Waals surface area contributed by atoms with E-state index in [-0.39, 0.29) is 30.0 Å².